The Bertz CT molecular complexity index is 1320. The van der Waals surface area contributed by atoms with Crippen molar-refractivity contribution < 1.29 is 9.32 Å². The van der Waals surface area contributed by atoms with Crippen LogP contribution in [-0.2, 0) is 24.3 Å². The number of rotatable bonds is 6. The van der Waals surface area contributed by atoms with Crippen molar-refractivity contribution in [3.05, 3.63) is 80.7 Å². The first kappa shape index (κ1) is 19.3. The molecule has 0 unspecified atom stereocenters. The van der Waals surface area contributed by atoms with E-state index in [0.717, 1.165) is 5.56 Å². The van der Waals surface area contributed by atoms with E-state index in [2.05, 4.69) is 20.4 Å². The summed E-state index contributed by atoms with van der Waals surface area (Å²) in [4.78, 5) is 42.8. The molecule has 0 saturated heterocycles. The molecular weight excluding hydrogens is 386 g/mol. The van der Waals surface area contributed by atoms with Crippen molar-refractivity contribution in [1.82, 2.24) is 25.0 Å². The van der Waals surface area contributed by atoms with E-state index >= 15 is 0 Å². The predicted molar refractivity (Wildman–Crippen MR) is 110 cm³/mol. The van der Waals surface area contributed by atoms with Crippen LogP contribution in [0.3, 0.4) is 0 Å². The summed E-state index contributed by atoms with van der Waals surface area (Å²) in [5.74, 6) is 0.430. The van der Waals surface area contributed by atoms with Gasteiger partial charge in [0.2, 0.25) is 17.6 Å². The van der Waals surface area contributed by atoms with Crippen molar-refractivity contribution in [2.24, 2.45) is 0 Å². The molecule has 0 aliphatic carbocycles. The zero-order valence-corrected chi connectivity index (χ0v) is 16.2. The van der Waals surface area contributed by atoms with Crippen LogP contribution in [0.4, 0.5) is 0 Å². The number of nitrogens with zero attached hydrogens (tertiary/aromatic N) is 3. The van der Waals surface area contributed by atoms with Crippen LogP contribution >= 0.6 is 0 Å². The highest BCUT2D eigenvalue weighted by Crippen LogP contribution is 2.20. The lowest BCUT2D eigenvalue weighted by atomic mass is 10.1. The molecule has 30 heavy (non-hydrogen) atoms. The van der Waals surface area contributed by atoms with Gasteiger partial charge in [0.15, 0.2) is 0 Å². The minimum absolute atomic E-state index is 0.110. The van der Waals surface area contributed by atoms with Gasteiger partial charge in [-0.3, -0.25) is 14.4 Å². The van der Waals surface area contributed by atoms with Crippen molar-refractivity contribution in [3.8, 4) is 11.4 Å². The van der Waals surface area contributed by atoms with Gasteiger partial charge in [-0.2, -0.15) is 4.98 Å². The van der Waals surface area contributed by atoms with Gasteiger partial charge >= 0.3 is 11.1 Å². The minimum Gasteiger partial charge on any atom is -0.347 e. The molecule has 2 N–H and O–H groups in total. The Labute approximate surface area is 170 Å². The fourth-order valence-electron chi connectivity index (χ4n) is 3.19. The van der Waals surface area contributed by atoms with Crippen LogP contribution < -0.4 is 16.4 Å². The highest BCUT2D eigenvalue weighted by Gasteiger charge is 2.13. The molecule has 0 aliphatic heterocycles. The smallest absolute Gasteiger partial charge is 0.316 e. The zero-order valence-electron chi connectivity index (χ0n) is 16.2. The molecule has 0 spiro atoms. The lowest BCUT2D eigenvalue weighted by molar-refractivity contribution is -0.120. The van der Waals surface area contributed by atoms with Crippen LogP contribution in [-0.4, -0.2) is 25.6 Å². The first-order valence-electron chi connectivity index (χ1n) is 9.45. The molecule has 2 aromatic heterocycles. The molecule has 4 aromatic rings. The first-order chi connectivity index (χ1) is 14.5. The van der Waals surface area contributed by atoms with Crippen molar-refractivity contribution in [1.29, 1.82) is 0 Å². The maximum Gasteiger partial charge on any atom is 0.316 e. The number of hydrogen-bond donors (Lipinski definition) is 2. The van der Waals surface area contributed by atoms with E-state index in [0.29, 0.717) is 29.0 Å². The normalized spacial score (nSPS) is 11.0. The van der Waals surface area contributed by atoms with E-state index in [-0.39, 0.29) is 24.8 Å². The number of benzene rings is 2. The van der Waals surface area contributed by atoms with Gasteiger partial charge in [0.1, 0.15) is 0 Å². The summed E-state index contributed by atoms with van der Waals surface area (Å²) in [6.07, 6.45) is 0.263. The number of aromatic amines is 1. The van der Waals surface area contributed by atoms with E-state index in [1.54, 1.807) is 25.1 Å². The van der Waals surface area contributed by atoms with E-state index in [4.69, 9.17) is 4.52 Å². The Hall–Kier alpha value is -4.01. The Morgan fingerprint density at radius 1 is 1.17 bits per heavy atom. The largest absolute Gasteiger partial charge is 0.347 e. The number of nitrogens with one attached hydrogen (secondary N) is 2. The van der Waals surface area contributed by atoms with Gasteiger partial charge in [0.25, 0.3) is 0 Å². The molecule has 152 valence electrons. The Balaban J connectivity index is 1.50. The molecule has 2 heterocycles. The summed E-state index contributed by atoms with van der Waals surface area (Å²) in [7, 11) is 0. The number of carbonyl (C=O) groups excluding carboxylic acids is 1. The van der Waals surface area contributed by atoms with E-state index in [9.17, 15) is 14.4 Å². The summed E-state index contributed by atoms with van der Waals surface area (Å²) < 4.78 is 6.62. The average molecular weight is 405 g/mol. The van der Waals surface area contributed by atoms with Crippen molar-refractivity contribution in [3.63, 3.8) is 0 Å². The molecule has 0 aliphatic rings. The number of H-pyrrole nitrogens is 1. The van der Waals surface area contributed by atoms with E-state index in [1.165, 1.54) is 4.57 Å². The fourth-order valence-corrected chi connectivity index (χ4v) is 3.19. The van der Waals surface area contributed by atoms with Crippen LogP contribution in [0.15, 0.2) is 62.6 Å². The lowest BCUT2D eigenvalue weighted by Crippen LogP contribution is -2.35. The molecule has 0 bridgehead atoms. The van der Waals surface area contributed by atoms with Gasteiger partial charge in [-0.1, -0.05) is 35.5 Å². The molecular formula is C21H19N5O4. The summed E-state index contributed by atoms with van der Waals surface area (Å²) in [6.45, 7) is 2.29. The van der Waals surface area contributed by atoms with Crippen molar-refractivity contribution in [2.75, 3.05) is 0 Å². The Morgan fingerprint density at radius 3 is 2.73 bits per heavy atom. The third-order valence-corrected chi connectivity index (χ3v) is 4.66. The molecule has 9 heteroatoms. The second-order valence-corrected chi connectivity index (χ2v) is 6.69. The summed E-state index contributed by atoms with van der Waals surface area (Å²) >= 11 is 0. The van der Waals surface area contributed by atoms with Gasteiger partial charge in [-0.25, -0.2) is 0 Å². The minimum atomic E-state index is -0.684. The molecule has 1 amide bonds. The van der Waals surface area contributed by atoms with Crippen LogP contribution in [0.5, 0.6) is 0 Å². The molecule has 0 radical (unpaired) electrons. The Kier molecular flexibility index (Phi) is 5.25. The molecule has 9 nitrogen and oxygen atoms in total. The Morgan fingerprint density at radius 2 is 1.97 bits per heavy atom. The number of aromatic nitrogens is 4. The van der Waals surface area contributed by atoms with Crippen LogP contribution in [0.25, 0.3) is 22.4 Å². The zero-order chi connectivity index (χ0) is 21.1. The lowest BCUT2D eigenvalue weighted by Gasteiger charge is -2.07. The average Bonchev–Trinajstić information content (AvgIpc) is 3.23. The maximum absolute atomic E-state index is 12.1. The number of fused-ring (bicyclic) bond motifs is 1. The number of carbonyl (C=O) groups is 1. The number of aryl methyl sites for hydroxylation is 1. The van der Waals surface area contributed by atoms with Gasteiger partial charge in [0, 0.05) is 12.1 Å². The van der Waals surface area contributed by atoms with Crippen molar-refractivity contribution in [2.45, 2.75) is 26.4 Å². The second-order valence-electron chi connectivity index (χ2n) is 6.69. The summed E-state index contributed by atoms with van der Waals surface area (Å²) in [6, 6.07) is 14.6. The number of amides is 1. The topological polar surface area (TPSA) is 123 Å². The standard InChI is InChI=1S/C21H19N5O4/c1-2-26-16-9-8-14(11-15(16)23-20(28)21(26)29)19-24-18(30-25-19)12-22-17(27)10-13-6-4-3-5-7-13/h3-9,11H,2,10,12H2,1H3,(H,22,27)(H,23,28). The highest BCUT2D eigenvalue weighted by atomic mass is 16.5. The third-order valence-electron chi connectivity index (χ3n) is 4.66. The molecule has 4 rings (SSSR count). The number of hydrogen-bond acceptors (Lipinski definition) is 6. The molecule has 2 aromatic carbocycles. The van der Waals surface area contributed by atoms with Gasteiger partial charge in [0.05, 0.1) is 24.0 Å². The van der Waals surface area contributed by atoms with E-state index < -0.39 is 11.1 Å². The highest BCUT2D eigenvalue weighted by molar-refractivity contribution is 5.80. The maximum atomic E-state index is 12.1. The summed E-state index contributed by atoms with van der Waals surface area (Å²) in [5.41, 5.74) is 1.37. The van der Waals surface area contributed by atoms with Crippen LogP contribution in [0, 0.1) is 0 Å². The predicted octanol–water partition coefficient (Wildman–Crippen LogP) is 1.62. The second kappa shape index (κ2) is 8.16. The summed E-state index contributed by atoms with van der Waals surface area (Å²) in [5, 5.41) is 6.69. The third kappa shape index (κ3) is 3.90. The van der Waals surface area contributed by atoms with Gasteiger partial charge in [-0.05, 0) is 30.7 Å². The molecule has 0 fully saturated rings. The van der Waals surface area contributed by atoms with Gasteiger partial charge in [-0.15, -0.1) is 0 Å². The fraction of sp³-hybridized carbons (Fsp3) is 0.190. The SMILES string of the molecule is CCn1c(=O)c(=O)[nH]c2cc(-c3noc(CNC(=O)Cc4ccccc4)n3)ccc21. The molecule has 0 atom stereocenters. The quantitative estimate of drug-likeness (QED) is 0.470. The molecule has 0 saturated carbocycles. The monoisotopic (exact) mass is 405 g/mol. The van der Waals surface area contributed by atoms with Crippen molar-refractivity contribution >= 4 is 16.9 Å². The van der Waals surface area contributed by atoms with Crippen LogP contribution in [0.1, 0.15) is 18.4 Å². The van der Waals surface area contributed by atoms with Crippen LogP contribution in [0.2, 0.25) is 0 Å². The van der Waals surface area contributed by atoms with E-state index in [1.807, 2.05) is 30.3 Å². The first-order valence-corrected chi connectivity index (χ1v) is 9.45. The van der Waals surface area contributed by atoms with Gasteiger partial charge < -0.3 is 19.4 Å².